The lowest BCUT2D eigenvalue weighted by Crippen LogP contribution is -2.09. The van der Waals surface area contributed by atoms with E-state index in [0.29, 0.717) is 0 Å². The number of hydrogen-bond acceptors (Lipinski definition) is 3. The van der Waals surface area contributed by atoms with Crippen molar-refractivity contribution in [2.75, 3.05) is 25.1 Å². The number of thioether (sulfide) groups is 1. The minimum atomic E-state index is -0.338. The van der Waals surface area contributed by atoms with Crippen LogP contribution in [0.4, 0.5) is 10.1 Å². The third kappa shape index (κ3) is 3.24. The van der Waals surface area contributed by atoms with Crippen molar-refractivity contribution in [3.63, 3.8) is 0 Å². The van der Waals surface area contributed by atoms with Gasteiger partial charge in [0.05, 0.1) is 5.69 Å². The van der Waals surface area contributed by atoms with Gasteiger partial charge < -0.3 is 11.1 Å². The number of nitrogen functional groups attached to an aromatic ring is 1. The highest BCUT2D eigenvalue weighted by atomic mass is 32.2. The van der Waals surface area contributed by atoms with Crippen molar-refractivity contribution >= 4 is 17.4 Å². The molecule has 0 spiro atoms. The van der Waals surface area contributed by atoms with Crippen molar-refractivity contribution in [1.82, 2.24) is 5.32 Å². The molecule has 0 heterocycles. The van der Waals surface area contributed by atoms with Crippen molar-refractivity contribution < 1.29 is 4.39 Å². The molecule has 1 rings (SSSR count). The Bertz CT molecular complexity index is 278. The summed E-state index contributed by atoms with van der Waals surface area (Å²) in [4.78, 5) is 0.918. The second kappa shape index (κ2) is 5.09. The molecule has 2 nitrogen and oxygen atoms in total. The summed E-state index contributed by atoms with van der Waals surface area (Å²) in [5.41, 5.74) is 5.55. The molecule has 0 atom stereocenters. The molecule has 0 aliphatic heterocycles. The third-order valence-corrected chi connectivity index (χ3v) is 2.59. The summed E-state index contributed by atoms with van der Waals surface area (Å²) in [6.45, 7) is 0.913. The van der Waals surface area contributed by atoms with Crippen LogP contribution in [0.15, 0.2) is 23.1 Å². The Kier molecular flexibility index (Phi) is 4.05. The summed E-state index contributed by atoms with van der Waals surface area (Å²) in [5.74, 6) is 0.592. The first kappa shape index (κ1) is 10.3. The standard InChI is InChI=1S/C9H13FN2S/c1-12-4-5-13-7-2-3-9(11)8(10)6-7/h2-3,6,12H,4-5,11H2,1H3. The Balaban J connectivity index is 2.53. The molecule has 72 valence electrons. The summed E-state index contributed by atoms with van der Waals surface area (Å²) >= 11 is 1.61. The zero-order valence-corrected chi connectivity index (χ0v) is 8.33. The van der Waals surface area contributed by atoms with Crippen LogP contribution in [0, 0.1) is 5.82 Å². The van der Waals surface area contributed by atoms with E-state index >= 15 is 0 Å². The largest absolute Gasteiger partial charge is 0.396 e. The van der Waals surface area contributed by atoms with E-state index in [9.17, 15) is 4.39 Å². The predicted molar refractivity (Wildman–Crippen MR) is 55.5 cm³/mol. The Morgan fingerprint density at radius 2 is 2.31 bits per heavy atom. The van der Waals surface area contributed by atoms with Crippen LogP contribution in [-0.4, -0.2) is 19.3 Å². The fourth-order valence-corrected chi connectivity index (χ4v) is 1.76. The fourth-order valence-electron chi connectivity index (χ4n) is 0.869. The average molecular weight is 200 g/mol. The molecular weight excluding hydrogens is 187 g/mol. The van der Waals surface area contributed by atoms with E-state index in [2.05, 4.69) is 5.32 Å². The van der Waals surface area contributed by atoms with Crippen molar-refractivity contribution in [2.24, 2.45) is 0 Å². The summed E-state index contributed by atoms with van der Waals surface area (Å²) in [6.07, 6.45) is 0. The van der Waals surface area contributed by atoms with E-state index in [1.165, 1.54) is 6.07 Å². The molecule has 1 aromatic carbocycles. The Labute approximate surface area is 81.7 Å². The second-order valence-corrected chi connectivity index (χ2v) is 3.80. The highest BCUT2D eigenvalue weighted by Gasteiger charge is 1.99. The van der Waals surface area contributed by atoms with E-state index < -0.39 is 0 Å². The average Bonchev–Trinajstić information content (AvgIpc) is 2.12. The van der Waals surface area contributed by atoms with E-state index in [-0.39, 0.29) is 11.5 Å². The lowest BCUT2D eigenvalue weighted by atomic mass is 10.3. The number of rotatable bonds is 4. The van der Waals surface area contributed by atoms with Crippen LogP contribution < -0.4 is 11.1 Å². The number of benzene rings is 1. The van der Waals surface area contributed by atoms with Crippen LogP contribution in [0.25, 0.3) is 0 Å². The Morgan fingerprint density at radius 1 is 1.54 bits per heavy atom. The van der Waals surface area contributed by atoms with Gasteiger partial charge in [-0.2, -0.15) is 0 Å². The molecule has 1 aromatic rings. The number of nitrogens with one attached hydrogen (secondary N) is 1. The Morgan fingerprint density at radius 3 is 2.92 bits per heavy atom. The van der Waals surface area contributed by atoms with E-state index in [1.807, 2.05) is 13.1 Å². The van der Waals surface area contributed by atoms with Crippen LogP contribution in [0.5, 0.6) is 0 Å². The van der Waals surface area contributed by atoms with E-state index in [4.69, 9.17) is 5.73 Å². The number of nitrogens with two attached hydrogens (primary N) is 1. The van der Waals surface area contributed by atoms with Gasteiger partial charge in [0.2, 0.25) is 0 Å². The lowest BCUT2D eigenvalue weighted by molar-refractivity contribution is 0.629. The minimum absolute atomic E-state index is 0.206. The zero-order valence-electron chi connectivity index (χ0n) is 7.51. The lowest BCUT2D eigenvalue weighted by Gasteiger charge is -2.02. The van der Waals surface area contributed by atoms with Gasteiger partial charge in [-0.1, -0.05) is 0 Å². The smallest absolute Gasteiger partial charge is 0.147 e. The predicted octanol–water partition coefficient (Wildman–Crippen LogP) is 1.72. The summed E-state index contributed by atoms with van der Waals surface area (Å²) in [6, 6.07) is 4.89. The van der Waals surface area contributed by atoms with Gasteiger partial charge in [-0.3, -0.25) is 0 Å². The van der Waals surface area contributed by atoms with Gasteiger partial charge in [0.15, 0.2) is 0 Å². The topological polar surface area (TPSA) is 38.0 Å². The van der Waals surface area contributed by atoms with Crippen molar-refractivity contribution in [1.29, 1.82) is 0 Å². The molecule has 0 fully saturated rings. The van der Waals surface area contributed by atoms with Crippen LogP contribution >= 0.6 is 11.8 Å². The first-order valence-electron chi connectivity index (χ1n) is 4.06. The fraction of sp³-hybridized carbons (Fsp3) is 0.333. The quantitative estimate of drug-likeness (QED) is 0.441. The second-order valence-electron chi connectivity index (χ2n) is 2.64. The highest BCUT2D eigenvalue weighted by molar-refractivity contribution is 7.99. The van der Waals surface area contributed by atoms with Crippen molar-refractivity contribution in [3.8, 4) is 0 Å². The maximum Gasteiger partial charge on any atom is 0.147 e. The summed E-state index contributed by atoms with van der Waals surface area (Å²) < 4.78 is 12.9. The van der Waals surface area contributed by atoms with E-state index in [0.717, 1.165) is 17.2 Å². The van der Waals surface area contributed by atoms with E-state index in [1.54, 1.807) is 17.8 Å². The number of anilines is 1. The molecular formula is C9H13FN2S. The van der Waals surface area contributed by atoms with Gasteiger partial charge in [0.25, 0.3) is 0 Å². The molecule has 4 heteroatoms. The Hall–Kier alpha value is -0.740. The van der Waals surface area contributed by atoms with Gasteiger partial charge in [0, 0.05) is 17.2 Å². The maximum atomic E-state index is 12.9. The summed E-state index contributed by atoms with van der Waals surface area (Å²) in [7, 11) is 1.89. The number of halogens is 1. The van der Waals surface area contributed by atoms with Crippen molar-refractivity contribution in [3.05, 3.63) is 24.0 Å². The van der Waals surface area contributed by atoms with Crippen molar-refractivity contribution in [2.45, 2.75) is 4.90 Å². The van der Waals surface area contributed by atoms with Gasteiger partial charge in [-0.05, 0) is 25.2 Å². The third-order valence-electron chi connectivity index (χ3n) is 1.59. The zero-order chi connectivity index (χ0) is 9.68. The molecule has 3 N–H and O–H groups in total. The number of hydrogen-bond donors (Lipinski definition) is 2. The molecule has 0 amide bonds. The molecule has 0 bridgehead atoms. The molecule has 0 radical (unpaired) electrons. The highest BCUT2D eigenvalue weighted by Crippen LogP contribution is 2.21. The van der Waals surface area contributed by atoms with Crippen LogP contribution in [-0.2, 0) is 0 Å². The molecule has 0 unspecified atom stereocenters. The van der Waals surface area contributed by atoms with Gasteiger partial charge >= 0.3 is 0 Å². The normalized spacial score (nSPS) is 10.3. The van der Waals surface area contributed by atoms with Gasteiger partial charge in [0.1, 0.15) is 5.82 Å². The van der Waals surface area contributed by atoms with Crippen LogP contribution in [0.2, 0.25) is 0 Å². The monoisotopic (exact) mass is 200 g/mol. The summed E-state index contributed by atoms with van der Waals surface area (Å²) in [5, 5.41) is 3.02. The molecule has 0 saturated carbocycles. The molecule has 0 saturated heterocycles. The first-order valence-corrected chi connectivity index (χ1v) is 5.05. The van der Waals surface area contributed by atoms with Gasteiger partial charge in [-0.15, -0.1) is 11.8 Å². The molecule has 13 heavy (non-hydrogen) atoms. The SMILES string of the molecule is CNCCSc1ccc(N)c(F)c1. The van der Waals surface area contributed by atoms with Gasteiger partial charge in [-0.25, -0.2) is 4.39 Å². The van der Waals surface area contributed by atoms with Crippen LogP contribution in [0.1, 0.15) is 0 Å². The maximum absolute atomic E-state index is 12.9. The van der Waals surface area contributed by atoms with Crippen LogP contribution in [0.3, 0.4) is 0 Å². The first-order chi connectivity index (χ1) is 6.24. The minimum Gasteiger partial charge on any atom is -0.396 e. The molecule has 0 aliphatic carbocycles. The molecule has 0 aliphatic rings. The molecule has 0 aromatic heterocycles.